The lowest BCUT2D eigenvalue weighted by Gasteiger charge is -2.35. The van der Waals surface area contributed by atoms with Crippen LogP contribution in [0.5, 0.6) is 0 Å². The van der Waals surface area contributed by atoms with Crippen LogP contribution >= 0.6 is 0 Å². The Balaban J connectivity index is 2.08. The number of nitrogens with zero attached hydrogens (tertiary/aromatic N) is 5. The second-order valence-electron chi connectivity index (χ2n) is 6.55. The molecule has 0 bridgehead atoms. The normalized spacial score (nSPS) is 19.9. The summed E-state index contributed by atoms with van der Waals surface area (Å²) in [6.07, 6.45) is 1.85. The van der Waals surface area contributed by atoms with Crippen molar-refractivity contribution < 1.29 is 4.79 Å². The maximum Gasteiger partial charge on any atom is 0.269 e. The van der Waals surface area contributed by atoms with Gasteiger partial charge in [-0.25, -0.2) is 15.0 Å². The van der Waals surface area contributed by atoms with Gasteiger partial charge in [-0.3, -0.25) is 4.79 Å². The molecule has 1 fully saturated rings. The molecule has 132 valence electrons. The third-order valence-corrected chi connectivity index (χ3v) is 4.57. The number of nitrogens with two attached hydrogens (primary N) is 1. The molecule has 25 heavy (non-hydrogen) atoms. The van der Waals surface area contributed by atoms with E-state index >= 15 is 0 Å². The third kappa shape index (κ3) is 3.11. The van der Waals surface area contributed by atoms with E-state index in [-0.39, 0.29) is 11.9 Å². The van der Waals surface area contributed by atoms with Gasteiger partial charge < -0.3 is 16.0 Å². The van der Waals surface area contributed by atoms with E-state index in [9.17, 15) is 4.79 Å². The molecule has 1 aliphatic heterocycles. The van der Waals surface area contributed by atoms with Crippen molar-refractivity contribution >= 4 is 17.7 Å². The number of nitrogens with one attached hydrogen (secondary N) is 1. The van der Waals surface area contributed by atoms with Crippen LogP contribution in [0.4, 0.5) is 11.8 Å². The number of hydrogen-bond acceptors (Lipinski definition) is 7. The van der Waals surface area contributed by atoms with E-state index in [2.05, 4.69) is 37.1 Å². The zero-order chi connectivity index (χ0) is 18.2. The van der Waals surface area contributed by atoms with Crippen molar-refractivity contribution in [2.24, 2.45) is 0 Å². The minimum Gasteiger partial charge on any atom is -0.368 e. The van der Waals surface area contributed by atoms with Crippen molar-refractivity contribution in [2.45, 2.75) is 39.2 Å². The molecule has 1 aliphatic rings. The molecule has 1 amide bonds. The van der Waals surface area contributed by atoms with Crippen LogP contribution in [-0.4, -0.2) is 39.4 Å². The van der Waals surface area contributed by atoms with Gasteiger partial charge in [-0.1, -0.05) is 0 Å². The summed E-state index contributed by atoms with van der Waals surface area (Å²) < 4.78 is 0. The average Bonchev–Trinajstić information content (AvgIpc) is 2.95. The molecule has 3 heterocycles. The van der Waals surface area contributed by atoms with Crippen LogP contribution in [0.25, 0.3) is 0 Å². The molecular weight excluding hydrogens is 318 g/mol. The molecule has 0 aliphatic carbocycles. The Bertz CT molecular complexity index is 802. The molecule has 3 N–H and O–H groups in total. The SMILES string of the molecule is CNC(=O)c1cc(C)nc([C@]2(C)CCCN2c2cc(C)nc(N)n2)n1. The first-order chi connectivity index (χ1) is 11.8. The number of rotatable bonds is 3. The number of aryl methyl sites for hydroxylation is 2. The van der Waals surface area contributed by atoms with E-state index in [4.69, 9.17) is 5.73 Å². The highest BCUT2D eigenvalue weighted by Crippen LogP contribution is 2.39. The van der Waals surface area contributed by atoms with Gasteiger partial charge in [-0.2, -0.15) is 4.98 Å². The van der Waals surface area contributed by atoms with Crippen LogP contribution in [0, 0.1) is 13.8 Å². The predicted octanol–water partition coefficient (Wildman–Crippen LogP) is 1.34. The van der Waals surface area contributed by atoms with Gasteiger partial charge in [0.25, 0.3) is 5.91 Å². The van der Waals surface area contributed by atoms with Crippen LogP contribution in [0.1, 0.15) is 47.5 Å². The average molecular weight is 341 g/mol. The summed E-state index contributed by atoms with van der Waals surface area (Å²) in [5.41, 5.74) is 7.31. The van der Waals surface area contributed by atoms with Crippen molar-refractivity contribution in [1.82, 2.24) is 25.3 Å². The van der Waals surface area contributed by atoms with Crippen molar-refractivity contribution in [2.75, 3.05) is 24.2 Å². The lowest BCUT2D eigenvalue weighted by molar-refractivity contribution is 0.0957. The number of aromatic nitrogens is 4. The standard InChI is InChI=1S/C17H23N7O/c1-10-8-12(14(25)19-4)22-15(20-10)17(3)6-5-7-24(17)13-9-11(2)21-16(18)23-13/h8-9H,5-7H2,1-4H3,(H,19,25)(H2,18,21,23)/t17-/m0/s1. The number of carbonyl (C=O) groups excluding carboxylic acids is 1. The van der Waals surface area contributed by atoms with Crippen LogP contribution in [-0.2, 0) is 5.54 Å². The lowest BCUT2D eigenvalue weighted by atomic mass is 9.97. The molecule has 2 aromatic heterocycles. The molecule has 0 saturated carbocycles. The second-order valence-corrected chi connectivity index (χ2v) is 6.55. The molecule has 2 aromatic rings. The molecular formula is C17H23N7O. The maximum atomic E-state index is 12.0. The molecule has 0 aromatic carbocycles. The van der Waals surface area contributed by atoms with Gasteiger partial charge in [0.2, 0.25) is 5.95 Å². The Morgan fingerprint density at radius 2 is 1.92 bits per heavy atom. The zero-order valence-corrected chi connectivity index (χ0v) is 15.0. The molecule has 8 nitrogen and oxygen atoms in total. The first-order valence-electron chi connectivity index (χ1n) is 8.30. The lowest BCUT2D eigenvalue weighted by Crippen LogP contribution is -2.41. The minimum absolute atomic E-state index is 0.220. The Hall–Kier alpha value is -2.77. The summed E-state index contributed by atoms with van der Waals surface area (Å²) in [5.74, 6) is 1.41. The third-order valence-electron chi connectivity index (χ3n) is 4.57. The van der Waals surface area contributed by atoms with Gasteiger partial charge in [0, 0.05) is 31.0 Å². The van der Waals surface area contributed by atoms with E-state index < -0.39 is 5.54 Å². The fourth-order valence-electron chi connectivity index (χ4n) is 3.33. The second kappa shape index (κ2) is 6.27. The van der Waals surface area contributed by atoms with Crippen LogP contribution in [0.2, 0.25) is 0 Å². The van der Waals surface area contributed by atoms with Gasteiger partial charge >= 0.3 is 0 Å². The summed E-state index contributed by atoms with van der Waals surface area (Å²) in [6, 6.07) is 3.60. The molecule has 3 rings (SSSR count). The van der Waals surface area contributed by atoms with Gasteiger partial charge in [0.1, 0.15) is 11.5 Å². The highest BCUT2D eigenvalue weighted by atomic mass is 16.1. The molecule has 0 unspecified atom stereocenters. The number of hydrogen-bond donors (Lipinski definition) is 2. The number of carbonyl (C=O) groups is 1. The van der Waals surface area contributed by atoms with Crippen LogP contribution < -0.4 is 16.0 Å². The molecule has 8 heteroatoms. The highest BCUT2D eigenvalue weighted by molar-refractivity contribution is 5.92. The minimum atomic E-state index is -0.456. The van der Waals surface area contributed by atoms with Gasteiger partial charge in [0.15, 0.2) is 5.82 Å². The Morgan fingerprint density at radius 1 is 1.20 bits per heavy atom. The van der Waals surface area contributed by atoms with E-state index in [1.807, 2.05) is 19.9 Å². The first kappa shape index (κ1) is 17.1. The van der Waals surface area contributed by atoms with Gasteiger partial charge in [-0.05, 0) is 39.7 Å². The number of nitrogen functional groups attached to an aromatic ring is 1. The van der Waals surface area contributed by atoms with Crippen molar-refractivity contribution in [3.63, 3.8) is 0 Å². The van der Waals surface area contributed by atoms with Crippen molar-refractivity contribution in [1.29, 1.82) is 0 Å². The van der Waals surface area contributed by atoms with Crippen LogP contribution in [0.3, 0.4) is 0 Å². The fourth-order valence-corrected chi connectivity index (χ4v) is 3.33. The largest absolute Gasteiger partial charge is 0.368 e. The Labute approximate surface area is 146 Å². The van der Waals surface area contributed by atoms with Gasteiger partial charge in [-0.15, -0.1) is 0 Å². The Kier molecular flexibility index (Phi) is 4.28. The highest BCUT2D eigenvalue weighted by Gasteiger charge is 2.42. The zero-order valence-electron chi connectivity index (χ0n) is 15.0. The Morgan fingerprint density at radius 3 is 2.60 bits per heavy atom. The monoisotopic (exact) mass is 341 g/mol. The van der Waals surface area contributed by atoms with E-state index in [0.717, 1.165) is 36.6 Å². The van der Waals surface area contributed by atoms with E-state index in [1.165, 1.54) is 0 Å². The smallest absolute Gasteiger partial charge is 0.269 e. The van der Waals surface area contributed by atoms with Crippen molar-refractivity contribution in [3.05, 3.63) is 35.0 Å². The van der Waals surface area contributed by atoms with Crippen LogP contribution in [0.15, 0.2) is 12.1 Å². The summed E-state index contributed by atoms with van der Waals surface area (Å²) >= 11 is 0. The summed E-state index contributed by atoms with van der Waals surface area (Å²) in [4.78, 5) is 31.9. The summed E-state index contributed by atoms with van der Waals surface area (Å²) in [6.45, 7) is 6.66. The predicted molar refractivity (Wildman–Crippen MR) is 95.3 cm³/mol. The first-order valence-corrected chi connectivity index (χ1v) is 8.30. The van der Waals surface area contributed by atoms with E-state index in [1.54, 1.807) is 13.1 Å². The van der Waals surface area contributed by atoms with E-state index in [0.29, 0.717) is 11.5 Å². The maximum absolute atomic E-state index is 12.0. The number of amides is 1. The summed E-state index contributed by atoms with van der Waals surface area (Å²) in [7, 11) is 1.59. The summed E-state index contributed by atoms with van der Waals surface area (Å²) in [5, 5.41) is 2.62. The molecule has 1 atom stereocenters. The molecule has 0 radical (unpaired) electrons. The quantitative estimate of drug-likeness (QED) is 0.867. The molecule has 0 spiro atoms. The number of anilines is 2. The topological polar surface area (TPSA) is 110 Å². The van der Waals surface area contributed by atoms with Crippen molar-refractivity contribution in [3.8, 4) is 0 Å². The fraction of sp³-hybridized carbons (Fsp3) is 0.471. The van der Waals surface area contributed by atoms with Gasteiger partial charge in [0.05, 0.1) is 5.54 Å². The molecule has 1 saturated heterocycles.